The summed E-state index contributed by atoms with van der Waals surface area (Å²) in [6, 6.07) is 22.0. The van der Waals surface area contributed by atoms with Gasteiger partial charge in [0.15, 0.2) is 0 Å². The molecule has 28 heavy (non-hydrogen) atoms. The Morgan fingerprint density at radius 3 is 2.18 bits per heavy atom. The van der Waals surface area contributed by atoms with Crippen LogP contribution in [0.3, 0.4) is 0 Å². The lowest BCUT2D eigenvalue weighted by Gasteiger charge is -2.09. The van der Waals surface area contributed by atoms with Gasteiger partial charge in [0.2, 0.25) is 0 Å². The summed E-state index contributed by atoms with van der Waals surface area (Å²) in [7, 11) is -3.68. The number of hydrazone groups is 1. The molecular weight excluding hydrogens is 374 g/mol. The Kier molecular flexibility index (Phi) is 5.86. The second kappa shape index (κ2) is 8.49. The fourth-order valence-corrected chi connectivity index (χ4v) is 3.45. The fourth-order valence-electron chi connectivity index (χ4n) is 2.39. The topological polar surface area (TPSA) is 87.6 Å². The molecule has 3 rings (SSSR count). The van der Waals surface area contributed by atoms with Crippen molar-refractivity contribution >= 4 is 27.8 Å². The zero-order chi connectivity index (χ0) is 20.0. The van der Waals surface area contributed by atoms with Gasteiger partial charge in [-0.05, 0) is 48.9 Å². The first kappa shape index (κ1) is 19.3. The standard InChI is InChI=1S/C21H19N3O3S/c1-16-7-13-20(14-8-16)28(26,27)24-19-11-9-18(10-12-19)21(25)23-22-15-17-5-3-2-4-6-17/h2-15,24H,1H3,(H,23,25)/b22-15+. The first-order chi connectivity index (χ1) is 13.4. The highest BCUT2D eigenvalue weighted by molar-refractivity contribution is 7.92. The molecule has 0 bridgehead atoms. The summed E-state index contributed by atoms with van der Waals surface area (Å²) < 4.78 is 27.3. The third-order valence-electron chi connectivity index (χ3n) is 3.91. The molecule has 0 atom stereocenters. The molecule has 0 unspecified atom stereocenters. The summed E-state index contributed by atoms with van der Waals surface area (Å²) in [4.78, 5) is 12.3. The largest absolute Gasteiger partial charge is 0.280 e. The molecule has 0 saturated heterocycles. The van der Waals surface area contributed by atoms with Crippen molar-refractivity contribution in [3.63, 3.8) is 0 Å². The highest BCUT2D eigenvalue weighted by Gasteiger charge is 2.14. The van der Waals surface area contributed by atoms with Gasteiger partial charge < -0.3 is 0 Å². The van der Waals surface area contributed by atoms with Crippen LogP contribution < -0.4 is 10.1 Å². The number of carbonyl (C=O) groups is 1. The Morgan fingerprint density at radius 1 is 0.893 bits per heavy atom. The molecule has 0 fully saturated rings. The Bertz CT molecular complexity index is 1080. The molecule has 0 aliphatic rings. The zero-order valence-electron chi connectivity index (χ0n) is 15.2. The number of nitrogens with one attached hydrogen (secondary N) is 2. The van der Waals surface area contributed by atoms with Crippen molar-refractivity contribution in [2.24, 2.45) is 5.10 Å². The lowest BCUT2D eigenvalue weighted by molar-refractivity contribution is 0.0955. The number of benzene rings is 3. The predicted molar refractivity (Wildman–Crippen MR) is 110 cm³/mol. The van der Waals surface area contributed by atoms with E-state index in [1.54, 1.807) is 30.5 Å². The van der Waals surface area contributed by atoms with Crippen molar-refractivity contribution < 1.29 is 13.2 Å². The minimum absolute atomic E-state index is 0.176. The van der Waals surface area contributed by atoms with E-state index >= 15 is 0 Å². The van der Waals surface area contributed by atoms with Crippen LogP contribution in [0.5, 0.6) is 0 Å². The van der Waals surface area contributed by atoms with Crippen molar-refractivity contribution in [2.45, 2.75) is 11.8 Å². The number of anilines is 1. The van der Waals surface area contributed by atoms with E-state index < -0.39 is 10.0 Å². The van der Waals surface area contributed by atoms with E-state index in [-0.39, 0.29) is 10.8 Å². The maximum Gasteiger partial charge on any atom is 0.271 e. The monoisotopic (exact) mass is 393 g/mol. The number of carbonyl (C=O) groups excluding carboxylic acids is 1. The third-order valence-corrected chi connectivity index (χ3v) is 5.31. The molecule has 0 radical (unpaired) electrons. The molecule has 142 valence electrons. The molecule has 0 spiro atoms. The van der Waals surface area contributed by atoms with Gasteiger partial charge >= 0.3 is 0 Å². The zero-order valence-corrected chi connectivity index (χ0v) is 16.0. The summed E-state index contributed by atoms with van der Waals surface area (Å²) in [5.41, 5.74) is 5.01. The molecule has 2 N–H and O–H groups in total. The number of aryl methyl sites for hydroxylation is 1. The summed E-state index contributed by atoms with van der Waals surface area (Å²) in [6.07, 6.45) is 1.54. The number of rotatable bonds is 6. The number of sulfonamides is 1. The molecule has 6 nitrogen and oxygen atoms in total. The van der Waals surface area contributed by atoms with E-state index in [4.69, 9.17) is 0 Å². The van der Waals surface area contributed by atoms with Crippen LogP contribution in [0.25, 0.3) is 0 Å². The van der Waals surface area contributed by atoms with Crippen LogP contribution in [0, 0.1) is 6.92 Å². The van der Waals surface area contributed by atoms with Crippen molar-refractivity contribution in [2.75, 3.05) is 4.72 Å². The van der Waals surface area contributed by atoms with E-state index in [9.17, 15) is 13.2 Å². The molecular formula is C21H19N3O3S. The molecule has 7 heteroatoms. The average molecular weight is 393 g/mol. The van der Waals surface area contributed by atoms with Crippen LogP contribution >= 0.6 is 0 Å². The number of hydrogen-bond donors (Lipinski definition) is 2. The van der Waals surface area contributed by atoms with Crippen LogP contribution in [0.4, 0.5) is 5.69 Å². The van der Waals surface area contributed by atoms with Gasteiger partial charge in [-0.15, -0.1) is 0 Å². The smallest absolute Gasteiger partial charge is 0.271 e. The van der Waals surface area contributed by atoms with Crippen LogP contribution in [0.2, 0.25) is 0 Å². The van der Waals surface area contributed by atoms with Gasteiger partial charge in [-0.25, -0.2) is 13.8 Å². The summed E-state index contributed by atoms with van der Waals surface area (Å²) in [6.45, 7) is 1.89. The van der Waals surface area contributed by atoms with Crippen molar-refractivity contribution in [1.82, 2.24) is 5.43 Å². The first-order valence-corrected chi connectivity index (χ1v) is 10.0. The molecule has 0 aliphatic carbocycles. The molecule has 0 aliphatic heterocycles. The summed E-state index contributed by atoms with van der Waals surface area (Å²) in [5.74, 6) is -0.389. The molecule has 3 aromatic carbocycles. The molecule has 3 aromatic rings. The van der Waals surface area contributed by atoms with Crippen molar-refractivity contribution in [3.05, 3.63) is 95.6 Å². The second-order valence-corrected chi connectivity index (χ2v) is 7.79. The molecule has 0 aromatic heterocycles. The van der Waals surface area contributed by atoms with Crippen LogP contribution in [-0.4, -0.2) is 20.5 Å². The number of amides is 1. The summed E-state index contributed by atoms with van der Waals surface area (Å²) >= 11 is 0. The SMILES string of the molecule is Cc1ccc(S(=O)(=O)Nc2ccc(C(=O)N/N=C/c3ccccc3)cc2)cc1. The van der Waals surface area contributed by atoms with E-state index in [1.807, 2.05) is 37.3 Å². The second-order valence-electron chi connectivity index (χ2n) is 6.11. The van der Waals surface area contributed by atoms with Gasteiger partial charge in [0, 0.05) is 11.3 Å². The van der Waals surface area contributed by atoms with E-state index in [2.05, 4.69) is 15.2 Å². The highest BCUT2D eigenvalue weighted by Crippen LogP contribution is 2.17. The van der Waals surface area contributed by atoms with Crippen LogP contribution in [0.1, 0.15) is 21.5 Å². The molecule has 0 heterocycles. The lowest BCUT2D eigenvalue weighted by Crippen LogP contribution is -2.18. The fraction of sp³-hybridized carbons (Fsp3) is 0.0476. The van der Waals surface area contributed by atoms with Crippen LogP contribution in [-0.2, 0) is 10.0 Å². The van der Waals surface area contributed by atoms with E-state index in [0.717, 1.165) is 11.1 Å². The maximum atomic E-state index is 12.4. The molecule has 1 amide bonds. The predicted octanol–water partition coefficient (Wildman–Crippen LogP) is 3.56. The average Bonchev–Trinajstić information content (AvgIpc) is 2.69. The van der Waals surface area contributed by atoms with Gasteiger partial charge in [0.25, 0.3) is 15.9 Å². The maximum absolute atomic E-state index is 12.4. The van der Waals surface area contributed by atoms with Crippen molar-refractivity contribution in [3.8, 4) is 0 Å². The van der Waals surface area contributed by atoms with Crippen LogP contribution in [0.15, 0.2) is 88.9 Å². The molecule has 0 saturated carbocycles. The number of hydrogen-bond acceptors (Lipinski definition) is 4. The quantitative estimate of drug-likeness (QED) is 0.496. The highest BCUT2D eigenvalue weighted by atomic mass is 32.2. The van der Waals surface area contributed by atoms with Gasteiger partial charge in [0.05, 0.1) is 11.1 Å². The number of nitrogens with zero attached hydrogens (tertiary/aromatic N) is 1. The summed E-state index contributed by atoms with van der Waals surface area (Å²) in [5, 5.41) is 3.91. The Balaban J connectivity index is 1.63. The van der Waals surface area contributed by atoms with E-state index in [1.165, 1.54) is 24.3 Å². The van der Waals surface area contributed by atoms with Gasteiger partial charge in [0.1, 0.15) is 0 Å². The Hall–Kier alpha value is -3.45. The Labute approximate surface area is 164 Å². The van der Waals surface area contributed by atoms with Gasteiger partial charge in [-0.1, -0.05) is 48.0 Å². The Morgan fingerprint density at radius 2 is 1.54 bits per heavy atom. The van der Waals surface area contributed by atoms with E-state index in [0.29, 0.717) is 11.3 Å². The van der Waals surface area contributed by atoms with Crippen molar-refractivity contribution in [1.29, 1.82) is 0 Å². The lowest BCUT2D eigenvalue weighted by atomic mass is 10.2. The third kappa shape index (κ3) is 5.05. The normalized spacial score (nSPS) is 11.3. The first-order valence-electron chi connectivity index (χ1n) is 8.52. The minimum Gasteiger partial charge on any atom is -0.280 e. The van der Waals surface area contributed by atoms with Gasteiger partial charge in [-0.3, -0.25) is 9.52 Å². The van der Waals surface area contributed by atoms with Gasteiger partial charge in [-0.2, -0.15) is 5.10 Å². The minimum atomic E-state index is -3.68.